The zero-order valence-corrected chi connectivity index (χ0v) is 13.4. The van der Waals surface area contributed by atoms with Gasteiger partial charge in [0.1, 0.15) is 5.82 Å². The molecule has 0 radical (unpaired) electrons. The van der Waals surface area contributed by atoms with Crippen LogP contribution < -0.4 is 0 Å². The molecule has 1 aromatic carbocycles. The van der Waals surface area contributed by atoms with Crippen LogP contribution in [0.5, 0.6) is 0 Å². The van der Waals surface area contributed by atoms with E-state index in [0.29, 0.717) is 28.9 Å². The van der Waals surface area contributed by atoms with Crippen LogP contribution in [0.25, 0.3) is 11.0 Å². The first-order valence-corrected chi connectivity index (χ1v) is 8.13. The molecule has 0 spiro atoms. The van der Waals surface area contributed by atoms with Crippen LogP contribution in [0.1, 0.15) is 10.7 Å². The van der Waals surface area contributed by atoms with Crippen LogP contribution in [0.2, 0.25) is 10.0 Å². The number of thiazole rings is 1. The van der Waals surface area contributed by atoms with Crippen molar-refractivity contribution in [3.05, 3.63) is 44.6 Å². The highest BCUT2D eigenvalue weighted by molar-refractivity contribution is 7.09. The molecule has 3 rings (SSSR count). The minimum Gasteiger partial charge on any atom is -0.323 e. The zero-order chi connectivity index (χ0) is 14.1. The fourth-order valence-electron chi connectivity index (χ4n) is 2.10. The summed E-state index contributed by atoms with van der Waals surface area (Å²) in [5, 5.41) is 1.04. The van der Waals surface area contributed by atoms with E-state index < -0.39 is 0 Å². The number of fused-ring (bicyclic) bond motifs is 1. The molecule has 0 amide bonds. The first kappa shape index (κ1) is 14.1. The smallest absolute Gasteiger partial charge is 0.111 e. The number of halogens is 3. The average molecular weight is 347 g/mol. The third-order valence-electron chi connectivity index (χ3n) is 2.98. The standard InChI is InChI=1S/C13H10Cl3N3S/c14-2-1-13-18-11-3-9(15)10(16)4-12(11)19(13)6-8-5-17-7-20-8/h3-5,7H,1-2,6H2. The summed E-state index contributed by atoms with van der Waals surface area (Å²) in [6.45, 7) is 0.714. The van der Waals surface area contributed by atoms with Crippen molar-refractivity contribution < 1.29 is 0 Å². The molecule has 104 valence electrons. The number of hydrogen-bond donors (Lipinski definition) is 0. The van der Waals surface area contributed by atoms with Crippen molar-refractivity contribution in [3.8, 4) is 0 Å². The Kier molecular flexibility index (Phi) is 4.17. The minimum atomic E-state index is 0.513. The molecule has 0 fully saturated rings. The van der Waals surface area contributed by atoms with Gasteiger partial charge in [-0.1, -0.05) is 23.2 Å². The Morgan fingerprint density at radius 1 is 1.20 bits per heavy atom. The summed E-state index contributed by atoms with van der Waals surface area (Å²) >= 11 is 19.6. The van der Waals surface area contributed by atoms with E-state index in [9.17, 15) is 0 Å². The number of nitrogens with zero attached hydrogens (tertiary/aromatic N) is 3. The lowest BCUT2D eigenvalue weighted by Gasteiger charge is -2.07. The molecule has 0 atom stereocenters. The number of imidazole rings is 1. The first-order chi connectivity index (χ1) is 9.69. The summed E-state index contributed by atoms with van der Waals surface area (Å²) in [4.78, 5) is 9.86. The first-order valence-electron chi connectivity index (χ1n) is 5.96. The molecule has 0 saturated carbocycles. The predicted octanol–water partition coefficient (Wildman–Crippen LogP) is 4.63. The van der Waals surface area contributed by atoms with Crippen molar-refractivity contribution in [2.75, 3.05) is 5.88 Å². The molecule has 7 heteroatoms. The molecular formula is C13H10Cl3N3S. The van der Waals surface area contributed by atoms with Gasteiger partial charge in [-0.15, -0.1) is 22.9 Å². The second-order valence-corrected chi connectivity index (χ2v) is 6.44. The molecule has 3 aromatic rings. The van der Waals surface area contributed by atoms with Gasteiger partial charge in [0, 0.05) is 23.4 Å². The Balaban J connectivity index is 2.15. The summed E-state index contributed by atoms with van der Waals surface area (Å²) < 4.78 is 2.12. The Morgan fingerprint density at radius 2 is 2.00 bits per heavy atom. The number of aromatic nitrogens is 3. The maximum Gasteiger partial charge on any atom is 0.111 e. The van der Waals surface area contributed by atoms with Crippen LogP contribution in [-0.2, 0) is 13.0 Å². The van der Waals surface area contributed by atoms with Gasteiger partial charge < -0.3 is 4.57 Å². The maximum absolute atomic E-state index is 6.12. The second kappa shape index (κ2) is 5.90. The average Bonchev–Trinajstić information content (AvgIpc) is 3.02. The van der Waals surface area contributed by atoms with Crippen molar-refractivity contribution in [2.45, 2.75) is 13.0 Å². The molecular weight excluding hydrogens is 337 g/mol. The van der Waals surface area contributed by atoms with Gasteiger partial charge in [-0.05, 0) is 12.1 Å². The summed E-state index contributed by atoms with van der Waals surface area (Å²) in [7, 11) is 0. The highest BCUT2D eigenvalue weighted by Crippen LogP contribution is 2.29. The van der Waals surface area contributed by atoms with E-state index in [1.807, 2.05) is 17.8 Å². The van der Waals surface area contributed by atoms with Crippen LogP contribution in [0, 0.1) is 0 Å². The Bertz CT molecular complexity index is 737. The van der Waals surface area contributed by atoms with E-state index in [-0.39, 0.29) is 0 Å². The van der Waals surface area contributed by atoms with Crippen molar-refractivity contribution in [2.24, 2.45) is 0 Å². The summed E-state index contributed by atoms with van der Waals surface area (Å²) in [5.74, 6) is 1.45. The van der Waals surface area contributed by atoms with Crippen LogP contribution in [-0.4, -0.2) is 20.4 Å². The van der Waals surface area contributed by atoms with Gasteiger partial charge in [0.2, 0.25) is 0 Å². The Hall–Kier alpha value is -0.810. The molecule has 0 aliphatic carbocycles. The lowest BCUT2D eigenvalue weighted by Crippen LogP contribution is -2.05. The molecule has 2 heterocycles. The molecule has 2 aromatic heterocycles. The van der Waals surface area contributed by atoms with Crippen LogP contribution >= 0.6 is 46.1 Å². The monoisotopic (exact) mass is 345 g/mol. The van der Waals surface area contributed by atoms with Crippen LogP contribution in [0.4, 0.5) is 0 Å². The fraction of sp³-hybridized carbons (Fsp3) is 0.231. The molecule has 0 unspecified atom stereocenters. The second-order valence-electron chi connectivity index (χ2n) is 4.28. The minimum absolute atomic E-state index is 0.513. The lowest BCUT2D eigenvalue weighted by molar-refractivity contribution is 0.762. The summed E-state index contributed by atoms with van der Waals surface area (Å²) in [5.41, 5.74) is 3.62. The van der Waals surface area contributed by atoms with Gasteiger partial charge in [0.25, 0.3) is 0 Å². The number of alkyl halides is 1. The van der Waals surface area contributed by atoms with Crippen molar-refractivity contribution in [1.82, 2.24) is 14.5 Å². The SMILES string of the molecule is ClCCc1nc2cc(Cl)c(Cl)cc2n1Cc1cncs1. The number of hydrogen-bond acceptors (Lipinski definition) is 3. The largest absolute Gasteiger partial charge is 0.323 e. The van der Waals surface area contributed by atoms with Crippen molar-refractivity contribution in [1.29, 1.82) is 0 Å². The van der Waals surface area contributed by atoms with Gasteiger partial charge >= 0.3 is 0 Å². The van der Waals surface area contributed by atoms with Gasteiger partial charge in [-0.2, -0.15) is 0 Å². The van der Waals surface area contributed by atoms with E-state index in [0.717, 1.165) is 21.7 Å². The van der Waals surface area contributed by atoms with Gasteiger partial charge in [-0.3, -0.25) is 4.98 Å². The number of rotatable bonds is 4. The summed E-state index contributed by atoms with van der Waals surface area (Å²) in [6, 6.07) is 3.64. The van der Waals surface area contributed by atoms with Gasteiger partial charge in [0.05, 0.1) is 33.1 Å². The predicted molar refractivity (Wildman–Crippen MR) is 85.4 cm³/mol. The number of benzene rings is 1. The number of aryl methyl sites for hydroxylation is 1. The highest BCUT2D eigenvalue weighted by Gasteiger charge is 2.13. The zero-order valence-electron chi connectivity index (χ0n) is 10.3. The maximum atomic E-state index is 6.12. The van der Waals surface area contributed by atoms with E-state index >= 15 is 0 Å². The molecule has 0 bridgehead atoms. The van der Waals surface area contributed by atoms with E-state index in [1.165, 1.54) is 0 Å². The Labute approximate surface area is 135 Å². The lowest BCUT2D eigenvalue weighted by atomic mass is 10.3. The van der Waals surface area contributed by atoms with E-state index in [1.54, 1.807) is 17.4 Å². The van der Waals surface area contributed by atoms with E-state index in [2.05, 4.69) is 14.5 Å². The van der Waals surface area contributed by atoms with Crippen LogP contribution in [0.3, 0.4) is 0 Å². The molecule has 0 aliphatic heterocycles. The van der Waals surface area contributed by atoms with Gasteiger partial charge in [-0.25, -0.2) is 4.98 Å². The van der Waals surface area contributed by atoms with Gasteiger partial charge in [0.15, 0.2) is 0 Å². The third kappa shape index (κ3) is 2.66. The van der Waals surface area contributed by atoms with E-state index in [4.69, 9.17) is 34.8 Å². The summed E-state index contributed by atoms with van der Waals surface area (Å²) in [6.07, 6.45) is 2.56. The molecule has 3 nitrogen and oxygen atoms in total. The molecule has 0 saturated heterocycles. The fourth-order valence-corrected chi connectivity index (χ4v) is 3.17. The van der Waals surface area contributed by atoms with Crippen LogP contribution in [0.15, 0.2) is 23.8 Å². The molecule has 20 heavy (non-hydrogen) atoms. The quantitative estimate of drug-likeness (QED) is 0.645. The molecule has 0 N–H and O–H groups in total. The topological polar surface area (TPSA) is 30.7 Å². The van der Waals surface area contributed by atoms with Crippen molar-refractivity contribution >= 4 is 57.2 Å². The normalized spacial score (nSPS) is 11.3. The third-order valence-corrected chi connectivity index (χ3v) is 4.66. The highest BCUT2D eigenvalue weighted by atomic mass is 35.5. The molecule has 0 aliphatic rings. The Morgan fingerprint density at radius 3 is 2.70 bits per heavy atom. The van der Waals surface area contributed by atoms with Crippen molar-refractivity contribution in [3.63, 3.8) is 0 Å².